The topological polar surface area (TPSA) is 98.0 Å². The highest BCUT2D eigenvalue weighted by atomic mass is 16.5. The second-order valence-corrected chi connectivity index (χ2v) is 6.95. The zero-order valence-electron chi connectivity index (χ0n) is 15.8. The fraction of sp³-hybridized carbons (Fsp3) is 0.500. The molecule has 0 aromatic heterocycles. The molecule has 28 heavy (non-hydrogen) atoms. The van der Waals surface area contributed by atoms with E-state index < -0.39 is 6.04 Å². The summed E-state index contributed by atoms with van der Waals surface area (Å²) < 4.78 is 5.61. The number of hydrogen-bond donors (Lipinski definition) is 1. The van der Waals surface area contributed by atoms with E-state index in [-0.39, 0.29) is 24.4 Å². The average Bonchev–Trinajstić information content (AvgIpc) is 3.19. The van der Waals surface area contributed by atoms with Crippen molar-refractivity contribution in [3.05, 3.63) is 30.3 Å². The van der Waals surface area contributed by atoms with Crippen LogP contribution in [0.4, 0.5) is 0 Å². The molecule has 2 aliphatic heterocycles. The Bertz CT molecular complexity index is 753. The highest BCUT2D eigenvalue weighted by Gasteiger charge is 2.30. The number of amidine groups is 1. The lowest BCUT2D eigenvalue weighted by molar-refractivity contribution is -0.140. The third-order valence-corrected chi connectivity index (χ3v) is 4.93. The van der Waals surface area contributed by atoms with Crippen LogP contribution in [-0.4, -0.2) is 59.9 Å². The van der Waals surface area contributed by atoms with Crippen molar-refractivity contribution in [2.45, 2.75) is 38.1 Å². The van der Waals surface area contributed by atoms with Gasteiger partial charge in [-0.1, -0.05) is 18.2 Å². The van der Waals surface area contributed by atoms with E-state index >= 15 is 0 Å². The second-order valence-electron chi connectivity index (χ2n) is 6.95. The van der Waals surface area contributed by atoms with Crippen LogP contribution in [0.3, 0.4) is 0 Å². The number of nitrogens with zero attached hydrogens (tertiary/aromatic N) is 4. The summed E-state index contributed by atoms with van der Waals surface area (Å²) in [5, 5.41) is 11.4. The molecular weight excluding hydrogens is 358 g/mol. The number of nitrogens with one attached hydrogen (secondary N) is 1. The summed E-state index contributed by atoms with van der Waals surface area (Å²) in [6.45, 7) is 2.17. The van der Waals surface area contributed by atoms with Crippen LogP contribution in [0.1, 0.15) is 32.1 Å². The monoisotopic (exact) mass is 383 g/mol. The first-order chi connectivity index (χ1) is 13.7. The normalized spacial score (nSPS) is 20.5. The third kappa shape index (κ3) is 5.22. The lowest BCUT2D eigenvalue weighted by atomic mass is 10.1. The van der Waals surface area contributed by atoms with Crippen molar-refractivity contribution in [2.75, 3.05) is 26.2 Å². The van der Waals surface area contributed by atoms with Gasteiger partial charge >= 0.3 is 6.02 Å². The molecular formula is C20H25N5O3. The SMILES string of the molecule is N#CNC(=NC1CCCCN(CC(=O)N2CCCC2)C1=O)Oc1ccccc1. The van der Waals surface area contributed by atoms with Crippen LogP contribution in [0, 0.1) is 11.5 Å². The number of rotatable bonds is 4. The van der Waals surface area contributed by atoms with Gasteiger partial charge in [-0.2, -0.15) is 5.26 Å². The average molecular weight is 383 g/mol. The van der Waals surface area contributed by atoms with E-state index in [1.165, 1.54) is 0 Å². The van der Waals surface area contributed by atoms with Gasteiger partial charge in [-0.15, -0.1) is 0 Å². The Morgan fingerprint density at radius 3 is 2.61 bits per heavy atom. The Kier molecular flexibility index (Phi) is 6.84. The first kappa shape index (κ1) is 19.7. The van der Waals surface area contributed by atoms with Crippen molar-refractivity contribution in [2.24, 2.45) is 4.99 Å². The Balaban J connectivity index is 1.70. The smallest absolute Gasteiger partial charge is 0.304 e. The molecule has 1 atom stereocenters. The molecule has 8 heteroatoms. The number of para-hydroxylation sites is 1. The van der Waals surface area contributed by atoms with Crippen LogP contribution >= 0.6 is 0 Å². The van der Waals surface area contributed by atoms with Crippen molar-refractivity contribution >= 4 is 17.8 Å². The molecule has 0 aliphatic carbocycles. The van der Waals surface area contributed by atoms with E-state index in [1.54, 1.807) is 23.2 Å². The minimum absolute atomic E-state index is 0.00797. The number of carbonyl (C=O) groups excluding carboxylic acids is 2. The van der Waals surface area contributed by atoms with Gasteiger partial charge in [-0.3, -0.25) is 9.59 Å². The van der Waals surface area contributed by atoms with Crippen molar-refractivity contribution in [1.82, 2.24) is 15.1 Å². The third-order valence-electron chi connectivity index (χ3n) is 4.93. The maximum absolute atomic E-state index is 13.0. The summed E-state index contributed by atoms with van der Waals surface area (Å²) in [5.74, 6) is 0.316. The van der Waals surface area contributed by atoms with Gasteiger partial charge in [0.25, 0.3) is 0 Å². The lowest BCUT2D eigenvalue weighted by Crippen LogP contribution is -2.45. The van der Waals surface area contributed by atoms with Gasteiger partial charge in [0, 0.05) is 19.6 Å². The molecule has 1 aromatic rings. The molecule has 0 saturated carbocycles. The van der Waals surface area contributed by atoms with Gasteiger partial charge in [-0.25, -0.2) is 10.3 Å². The zero-order valence-corrected chi connectivity index (χ0v) is 15.8. The van der Waals surface area contributed by atoms with E-state index in [9.17, 15) is 9.59 Å². The van der Waals surface area contributed by atoms with Gasteiger partial charge in [0.1, 0.15) is 11.8 Å². The summed E-state index contributed by atoms with van der Waals surface area (Å²) in [4.78, 5) is 33.2. The molecule has 2 saturated heterocycles. The molecule has 2 amide bonds. The molecule has 2 fully saturated rings. The largest absolute Gasteiger partial charge is 0.425 e. The summed E-state index contributed by atoms with van der Waals surface area (Å²) in [6.07, 6.45) is 6.04. The molecule has 1 N–H and O–H groups in total. The predicted molar refractivity (Wildman–Crippen MR) is 103 cm³/mol. The van der Waals surface area contributed by atoms with E-state index in [0.29, 0.717) is 18.7 Å². The van der Waals surface area contributed by atoms with Crippen LogP contribution in [0.15, 0.2) is 35.3 Å². The number of likely N-dealkylation sites (tertiary alicyclic amines) is 2. The van der Waals surface area contributed by atoms with Gasteiger partial charge in [-0.05, 0) is 44.2 Å². The minimum Gasteiger partial charge on any atom is -0.425 e. The quantitative estimate of drug-likeness (QED) is 0.368. The van der Waals surface area contributed by atoms with Crippen molar-refractivity contribution < 1.29 is 14.3 Å². The van der Waals surface area contributed by atoms with Crippen molar-refractivity contribution in [3.63, 3.8) is 0 Å². The standard InChI is InChI=1S/C20H25N5O3/c21-15-22-20(28-16-8-2-1-3-9-16)23-17-10-4-5-13-25(19(17)27)14-18(26)24-11-6-7-12-24/h1-3,8-9,17H,4-7,10-14H2,(H,22,23). The van der Waals surface area contributed by atoms with Crippen molar-refractivity contribution in [3.8, 4) is 11.9 Å². The highest BCUT2D eigenvalue weighted by molar-refractivity contribution is 5.90. The fourth-order valence-electron chi connectivity index (χ4n) is 3.46. The molecule has 8 nitrogen and oxygen atoms in total. The number of ether oxygens (including phenoxy) is 1. The van der Waals surface area contributed by atoms with E-state index in [1.807, 2.05) is 23.1 Å². The van der Waals surface area contributed by atoms with E-state index in [2.05, 4.69) is 10.3 Å². The fourth-order valence-corrected chi connectivity index (χ4v) is 3.46. The van der Waals surface area contributed by atoms with Crippen molar-refractivity contribution in [1.29, 1.82) is 5.26 Å². The molecule has 0 bridgehead atoms. The Hall–Kier alpha value is -3.08. The molecule has 0 spiro atoms. The number of benzene rings is 1. The minimum atomic E-state index is -0.673. The zero-order chi connectivity index (χ0) is 19.8. The number of amides is 2. The number of aliphatic imine (C=N–C) groups is 1. The van der Waals surface area contributed by atoms with Crippen LogP contribution in [0.25, 0.3) is 0 Å². The first-order valence-electron chi connectivity index (χ1n) is 9.70. The molecule has 3 rings (SSSR count). The Morgan fingerprint density at radius 1 is 1.18 bits per heavy atom. The molecule has 2 aliphatic rings. The van der Waals surface area contributed by atoms with Gasteiger partial charge in [0.2, 0.25) is 11.8 Å². The predicted octanol–water partition coefficient (Wildman–Crippen LogP) is 1.50. The number of hydrogen-bond acceptors (Lipinski definition) is 5. The maximum Gasteiger partial charge on any atom is 0.304 e. The molecule has 1 unspecified atom stereocenters. The second kappa shape index (κ2) is 9.74. The maximum atomic E-state index is 13.0. The highest BCUT2D eigenvalue weighted by Crippen LogP contribution is 2.17. The molecule has 2 heterocycles. The Labute approximate surface area is 164 Å². The number of nitriles is 1. The van der Waals surface area contributed by atoms with Gasteiger partial charge < -0.3 is 14.5 Å². The van der Waals surface area contributed by atoms with Crippen LogP contribution in [0.5, 0.6) is 5.75 Å². The number of carbonyl (C=O) groups is 2. The summed E-state index contributed by atoms with van der Waals surface area (Å²) >= 11 is 0. The first-order valence-corrected chi connectivity index (χ1v) is 9.70. The lowest BCUT2D eigenvalue weighted by Gasteiger charge is -2.25. The molecule has 0 radical (unpaired) electrons. The van der Waals surface area contributed by atoms with Gasteiger partial charge in [0.05, 0.1) is 6.54 Å². The Morgan fingerprint density at radius 2 is 1.89 bits per heavy atom. The summed E-state index contributed by atoms with van der Waals surface area (Å²) in [5.41, 5.74) is 0. The van der Waals surface area contributed by atoms with Gasteiger partial charge in [0.15, 0.2) is 6.19 Å². The molecule has 148 valence electrons. The van der Waals surface area contributed by atoms with Crippen LogP contribution in [0.2, 0.25) is 0 Å². The van der Waals surface area contributed by atoms with Crippen LogP contribution < -0.4 is 10.1 Å². The van der Waals surface area contributed by atoms with E-state index in [4.69, 9.17) is 10.00 Å². The van der Waals surface area contributed by atoms with E-state index in [0.717, 1.165) is 38.8 Å². The summed E-state index contributed by atoms with van der Waals surface area (Å²) in [6, 6.07) is 8.26. The molecule has 1 aromatic carbocycles. The van der Waals surface area contributed by atoms with Crippen LogP contribution in [-0.2, 0) is 9.59 Å². The summed E-state index contributed by atoms with van der Waals surface area (Å²) in [7, 11) is 0.